The summed E-state index contributed by atoms with van der Waals surface area (Å²) >= 11 is 6.54. The molecule has 0 atom stereocenters. The van der Waals surface area contributed by atoms with Crippen molar-refractivity contribution in [2.75, 3.05) is 13.7 Å². The van der Waals surface area contributed by atoms with E-state index in [1.807, 2.05) is 43.3 Å². The van der Waals surface area contributed by atoms with Gasteiger partial charge in [0.1, 0.15) is 22.9 Å². The summed E-state index contributed by atoms with van der Waals surface area (Å²) in [5.41, 5.74) is 5.76. The Balaban J connectivity index is 1.41. The number of esters is 1. The number of para-hydroxylation sites is 1. The number of hydrogen-bond acceptors (Lipinski definition) is 6. The number of rotatable bonds is 9. The molecule has 5 aromatic rings. The Labute approximate surface area is 241 Å². The molecule has 0 aliphatic carbocycles. The molecule has 5 rings (SSSR count). The van der Waals surface area contributed by atoms with Crippen LogP contribution >= 0.6 is 11.6 Å². The molecule has 1 amide bonds. The van der Waals surface area contributed by atoms with Crippen LogP contribution in [0.2, 0.25) is 5.02 Å². The predicted octanol–water partition coefficient (Wildman–Crippen LogP) is 6.88. The van der Waals surface area contributed by atoms with Crippen molar-refractivity contribution in [2.24, 2.45) is 5.10 Å². The Morgan fingerprint density at radius 1 is 0.951 bits per heavy atom. The van der Waals surface area contributed by atoms with Gasteiger partial charge < -0.3 is 19.2 Å². The normalized spacial score (nSPS) is 11.0. The quantitative estimate of drug-likeness (QED) is 0.0875. The van der Waals surface area contributed by atoms with Crippen LogP contribution in [0.15, 0.2) is 96.1 Å². The van der Waals surface area contributed by atoms with E-state index in [1.165, 1.54) is 13.3 Å². The monoisotopic (exact) mass is 567 g/mol. The lowest BCUT2D eigenvalue weighted by atomic mass is 10.0. The van der Waals surface area contributed by atoms with E-state index in [0.29, 0.717) is 45.4 Å². The summed E-state index contributed by atoms with van der Waals surface area (Å²) in [6, 6.07) is 26.4. The largest absolute Gasteiger partial charge is 0.497 e. The van der Waals surface area contributed by atoms with Crippen LogP contribution in [0.1, 0.15) is 33.3 Å². The van der Waals surface area contributed by atoms with E-state index in [2.05, 4.69) is 15.5 Å². The molecular formula is C32H26ClN3O5. The number of halogens is 1. The lowest BCUT2D eigenvalue weighted by Gasteiger charge is -2.09. The molecule has 0 aliphatic heterocycles. The number of methoxy groups -OCH3 is 1. The number of nitrogens with one attached hydrogen (secondary N) is 2. The van der Waals surface area contributed by atoms with Crippen molar-refractivity contribution in [1.82, 2.24) is 10.4 Å². The van der Waals surface area contributed by atoms with E-state index in [1.54, 1.807) is 54.6 Å². The summed E-state index contributed by atoms with van der Waals surface area (Å²) < 4.78 is 16.5. The predicted molar refractivity (Wildman–Crippen MR) is 159 cm³/mol. The van der Waals surface area contributed by atoms with Crippen molar-refractivity contribution >= 4 is 40.6 Å². The van der Waals surface area contributed by atoms with Crippen LogP contribution in [0.25, 0.3) is 22.0 Å². The van der Waals surface area contributed by atoms with E-state index >= 15 is 0 Å². The number of ether oxygens (including phenoxy) is 3. The average molecular weight is 568 g/mol. The molecule has 0 aliphatic rings. The molecule has 4 aromatic carbocycles. The molecule has 41 heavy (non-hydrogen) atoms. The molecule has 1 heterocycles. The van der Waals surface area contributed by atoms with Gasteiger partial charge in [0.05, 0.1) is 25.5 Å². The lowest BCUT2D eigenvalue weighted by molar-refractivity contribution is 0.0733. The number of carbonyl (C=O) groups excluding carboxylic acids is 2. The Morgan fingerprint density at radius 2 is 1.76 bits per heavy atom. The van der Waals surface area contributed by atoms with Gasteiger partial charge in [0.15, 0.2) is 0 Å². The second-order valence-corrected chi connectivity index (χ2v) is 9.26. The molecular weight excluding hydrogens is 542 g/mol. The Hall–Kier alpha value is -5.08. The highest BCUT2D eigenvalue weighted by atomic mass is 35.5. The fourth-order valence-corrected chi connectivity index (χ4v) is 4.58. The van der Waals surface area contributed by atoms with Gasteiger partial charge in [0.2, 0.25) is 0 Å². The van der Waals surface area contributed by atoms with Crippen LogP contribution in [-0.4, -0.2) is 36.8 Å². The highest BCUT2D eigenvalue weighted by Gasteiger charge is 2.21. The molecule has 0 saturated heterocycles. The third-order valence-corrected chi connectivity index (χ3v) is 6.58. The Morgan fingerprint density at radius 3 is 2.56 bits per heavy atom. The molecule has 206 valence electrons. The number of hydrogen-bond donors (Lipinski definition) is 2. The zero-order chi connectivity index (χ0) is 28.8. The van der Waals surface area contributed by atoms with Crippen LogP contribution < -0.4 is 19.6 Å². The van der Waals surface area contributed by atoms with Gasteiger partial charge in [-0.25, -0.2) is 10.2 Å². The van der Waals surface area contributed by atoms with Crippen LogP contribution in [0.3, 0.4) is 0 Å². The number of H-pyrrole nitrogens is 1. The van der Waals surface area contributed by atoms with Gasteiger partial charge in [-0.3, -0.25) is 4.79 Å². The minimum atomic E-state index is -0.553. The molecule has 9 heteroatoms. The SMILES string of the molecule is CCOc1ccc2[nH]c(C(=O)NN=Cc3ccccc3OC(=O)c3cccc(OC)c3)c(-c3ccccc3Cl)c2c1. The number of carbonyl (C=O) groups is 2. The first-order valence-corrected chi connectivity index (χ1v) is 13.2. The van der Waals surface area contributed by atoms with Crippen LogP contribution in [-0.2, 0) is 0 Å². The third kappa shape index (κ3) is 6.08. The number of hydrazone groups is 1. The van der Waals surface area contributed by atoms with Crippen LogP contribution in [0.4, 0.5) is 0 Å². The maximum atomic E-state index is 13.4. The van der Waals surface area contributed by atoms with Gasteiger partial charge in [-0.2, -0.15) is 5.10 Å². The Kier molecular flexibility index (Phi) is 8.31. The molecule has 0 fully saturated rings. The summed E-state index contributed by atoms with van der Waals surface area (Å²) in [5.74, 6) is 0.472. The number of fused-ring (bicyclic) bond motifs is 1. The fourth-order valence-electron chi connectivity index (χ4n) is 4.35. The summed E-state index contributed by atoms with van der Waals surface area (Å²) in [6.07, 6.45) is 1.41. The first-order chi connectivity index (χ1) is 20.0. The molecule has 8 nitrogen and oxygen atoms in total. The van der Waals surface area contributed by atoms with E-state index in [9.17, 15) is 9.59 Å². The number of benzene rings is 4. The molecule has 0 bridgehead atoms. The van der Waals surface area contributed by atoms with Gasteiger partial charge in [0, 0.05) is 32.6 Å². The summed E-state index contributed by atoms with van der Waals surface area (Å²) in [5, 5.41) is 5.43. The van der Waals surface area contributed by atoms with Gasteiger partial charge >= 0.3 is 5.97 Å². The number of nitrogens with zero attached hydrogens (tertiary/aromatic N) is 1. The molecule has 0 spiro atoms. The fraction of sp³-hybridized carbons (Fsp3) is 0.0938. The van der Waals surface area contributed by atoms with E-state index in [-0.39, 0.29) is 11.4 Å². The van der Waals surface area contributed by atoms with Gasteiger partial charge in [-0.1, -0.05) is 48.0 Å². The average Bonchev–Trinajstić information content (AvgIpc) is 3.37. The van der Waals surface area contributed by atoms with Gasteiger partial charge in [-0.15, -0.1) is 0 Å². The molecule has 0 radical (unpaired) electrons. The lowest BCUT2D eigenvalue weighted by Crippen LogP contribution is -2.19. The first kappa shape index (κ1) is 27.5. The molecule has 0 unspecified atom stereocenters. The smallest absolute Gasteiger partial charge is 0.343 e. The molecule has 2 N–H and O–H groups in total. The van der Waals surface area contributed by atoms with Crippen molar-refractivity contribution in [3.8, 4) is 28.4 Å². The van der Waals surface area contributed by atoms with Crippen LogP contribution in [0.5, 0.6) is 17.2 Å². The minimum absolute atomic E-state index is 0.282. The maximum Gasteiger partial charge on any atom is 0.343 e. The zero-order valence-electron chi connectivity index (χ0n) is 22.3. The highest BCUT2D eigenvalue weighted by molar-refractivity contribution is 6.34. The second kappa shape index (κ2) is 12.4. The Bertz CT molecular complexity index is 1760. The van der Waals surface area contributed by atoms with Crippen molar-refractivity contribution in [2.45, 2.75) is 6.92 Å². The standard InChI is InChI=1S/C32H26ClN3O5/c1-3-40-23-15-16-27-25(18-23)29(24-12-5-6-13-26(24)33)30(35-27)31(37)36-34-19-21-9-4-7-14-28(21)41-32(38)20-10-8-11-22(17-20)39-2/h4-19,35H,3H2,1-2H3,(H,36,37). The number of amides is 1. The van der Waals surface area contributed by atoms with Crippen LogP contribution in [0, 0.1) is 0 Å². The minimum Gasteiger partial charge on any atom is -0.497 e. The van der Waals surface area contributed by atoms with E-state index in [4.69, 9.17) is 25.8 Å². The third-order valence-electron chi connectivity index (χ3n) is 6.25. The van der Waals surface area contributed by atoms with E-state index in [0.717, 1.165) is 10.9 Å². The van der Waals surface area contributed by atoms with Crippen molar-refractivity contribution in [3.63, 3.8) is 0 Å². The summed E-state index contributed by atoms with van der Waals surface area (Å²) in [7, 11) is 1.52. The second-order valence-electron chi connectivity index (χ2n) is 8.85. The van der Waals surface area contributed by atoms with E-state index < -0.39 is 11.9 Å². The van der Waals surface area contributed by atoms with Gasteiger partial charge in [-0.05, 0) is 61.5 Å². The molecule has 0 saturated carbocycles. The first-order valence-electron chi connectivity index (χ1n) is 12.8. The highest BCUT2D eigenvalue weighted by Crippen LogP contribution is 2.38. The number of aromatic nitrogens is 1. The van der Waals surface area contributed by atoms with Crippen molar-refractivity contribution < 1.29 is 23.8 Å². The summed E-state index contributed by atoms with van der Waals surface area (Å²) in [6.45, 7) is 2.42. The van der Waals surface area contributed by atoms with Crippen molar-refractivity contribution in [1.29, 1.82) is 0 Å². The topological polar surface area (TPSA) is 102 Å². The maximum absolute atomic E-state index is 13.4. The number of aromatic amines is 1. The van der Waals surface area contributed by atoms with Crippen molar-refractivity contribution in [3.05, 3.63) is 113 Å². The summed E-state index contributed by atoms with van der Waals surface area (Å²) in [4.78, 5) is 29.3. The molecule has 1 aromatic heterocycles. The zero-order valence-corrected chi connectivity index (χ0v) is 23.1. The van der Waals surface area contributed by atoms with Gasteiger partial charge in [0.25, 0.3) is 5.91 Å².